The number of rotatable bonds is 4. The molecule has 0 saturated carbocycles. The van der Waals surface area contributed by atoms with Gasteiger partial charge in [0.1, 0.15) is 11.5 Å². The quantitative estimate of drug-likeness (QED) is 0.921. The van der Waals surface area contributed by atoms with Crippen molar-refractivity contribution < 1.29 is 9.52 Å². The fraction of sp³-hybridized carbons (Fsp3) is 0.533. The van der Waals surface area contributed by atoms with Gasteiger partial charge in [0, 0.05) is 24.2 Å². The number of aryl methyl sites for hydroxylation is 4. The molecule has 4 nitrogen and oxygen atoms in total. The molecule has 2 rings (SSSR count). The Bertz CT molecular complexity index is 581. The minimum absolute atomic E-state index is 0.543. The predicted octanol–water partition coefficient (Wildman–Crippen LogP) is 3.01. The van der Waals surface area contributed by atoms with Gasteiger partial charge in [-0.1, -0.05) is 0 Å². The van der Waals surface area contributed by atoms with E-state index in [0.29, 0.717) is 6.42 Å². The molecule has 2 aromatic heterocycles. The van der Waals surface area contributed by atoms with Crippen LogP contribution in [0.15, 0.2) is 10.5 Å². The fourth-order valence-electron chi connectivity index (χ4n) is 2.64. The van der Waals surface area contributed by atoms with E-state index in [2.05, 4.69) is 12.0 Å². The molecule has 4 heteroatoms. The Balaban J connectivity index is 2.27. The second kappa shape index (κ2) is 5.21. The summed E-state index contributed by atoms with van der Waals surface area (Å²) in [4.78, 5) is 0. The zero-order valence-electron chi connectivity index (χ0n) is 12.3. The lowest BCUT2D eigenvalue weighted by molar-refractivity contribution is 0.173. The first-order chi connectivity index (χ1) is 8.93. The Morgan fingerprint density at radius 2 is 1.95 bits per heavy atom. The van der Waals surface area contributed by atoms with E-state index in [1.807, 2.05) is 38.4 Å². The highest BCUT2D eigenvalue weighted by Crippen LogP contribution is 2.29. The summed E-state index contributed by atoms with van der Waals surface area (Å²) in [7, 11) is 0. The van der Waals surface area contributed by atoms with Gasteiger partial charge >= 0.3 is 0 Å². The first-order valence-corrected chi connectivity index (χ1v) is 6.71. The summed E-state index contributed by atoms with van der Waals surface area (Å²) in [5, 5.41) is 14.9. The monoisotopic (exact) mass is 262 g/mol. The van der Waals surface area contributed by atoms with Gasteiger partial charge in [-0.3, -0.25) is 4.68 Å². The zero-order valence-corrected chi connectivity index (χ0v) is 12.3. The number of furan rings is 1. The van der Waals surface area contributed by atoms with Crippen LogP contribution < -0.4 is 0 Å². The summed E-state index contributed by atoms with van der Waals surface area (Å²) in [5.41, 5.74) is 4.01. The molecule has 1 N–H and O–H groups in total. The maximum Gasteiger partial charge on any atom is 0.107 e. The highest BCUT2D eigenvalue weighted by molar-refractivity contribution is 5.34. The Morgan fingerprint density at radius 1 is 1.26 bits per heavy atom. The van der Waals surface area contributed by atoms with E-state index in [1.54, 1.807) is 0 Å². The van der Waals surface area contributed by atoms with Gasteiger partial charge in [-0.15, -0.1) is 0 Å². The van der Waals surface area contributed by atoms with Crippen molar-refractivity contribution in [1.29, 1.82) is 0 Å². The molecule has 2 heterocycles. The topological polar surface area (TPSA) is 51.2 Å². The van der Waals surface area contributed by atoms with Gasteiger partial charge in [-0.25, -0.2) is 0 Å². The van der Waals surface area contributed by atoms with Crippen molar-refractivity contribution in [1.82, 2.24) is 9.78 Å². The summed E-state index contributed by atoms with van der Waals surface area (Å²) in [6.45, 7) is 10.7. The number of nitrogens with zero attached hydrogens (tertiary/aromatic N) is 2. The number of aromatic nitrogens is 2. The molecule has 0 fully saturated rings. The van der Waals surface area contributed by atoms with Gasteiger partial charge in [0.05, 0.1) is 11.8 Å². The molecule has 0 amide bonds. The van der Waals surface area contributed by atoms with Gasteiger partial charge < -0.3 is 9.52 Å². The molecule has 2 aromatic rings. The van der Waals surface area contributed by atoms with Crippen LogP contribution in [0.25, 0.3) is 0 Å². The second-order valence-corrected chi connectivity index (χ2v) is 5.07. The second-order valence-electron chi connectivity index (χ2n) is 5.07. The summed E-state index contributed by atoms with van der Waals surface area (Å²) >= 11 is 0. The van der Waals surface area contributed by atoms with E-state index in [9.17, 15) is 5.11 Å². The zero-order chi connectivity index (χ0) is 14.2. The van der Waals surface area contributed by atoms with Gasteiger partial charge in [-0.05, 0) is 46.2 Å². The normalized spacial score (nSPS) is 12.9. The number of aliphatic hydroxyl groups excluding tert-OH is 1. The van der Waals surface area contributed by atoms with Crippen molar-refractivity contribution in [2.45, 2.75) is 53.7 Å². The van der Waals surface area contributed by atoms with Gasteiger partial charge in [0.25, 0.3) is 0 Å². The number of aliphatic hydroxyl groups is 1. The molecule has 0 aliphatic carbocycles. The largest absolute Gasteiger partial charge is 0.466 e. The molecule has 0 spiro atoms. The van der Waals surface area contributed by atoms with E-state index in [1.165, 1.54) is 0 Å². The highest BCUT2D eigenvalue weighted by Gasteiger charge is 2.20. The fourth-order valence-corrected chi connectivity index (χ4v) is 2.64. The van der Waals surface area contributed by atoms with Crippen molar-refractivity contribution in [2.75, 3.05) is 0 Å². The smallest absolute Gasteiger partial charge is 0.107 e. The lowest BCUT2D eigenvalue weighted by atomic mass is 10.0. The van der Waals surface area contributed by atoms with E-state index in [0.717, 1.165) is 40.6 Å². The van der Waals surface area contributed by atoms with Gasteiger partial charge in [0.15, 0.2) is 0 Å². The van der Waals surface area contributed by atoms with Crippen LogP contribution in [-0.4, -0.2) is 14.9 Å². The minimum atomic E-state index is -0.543. The van der Waals surface area contributed by atoms with Crippen molar-refractivity contribution in [2.24, 2.45) is 0 Å². The summed E-state index contributed by atoms with van der Waals surface area (Å²) < 4.78 is 7.52. The van der Waals surface area contributed by atoms with E-state index < -0.39 is 6.10 Å². The number of hydrogen-bond donors (Lipinski definition) is 1. The molecular weight excluding hydrogens is 240 g/mol. The summed E-state index contributed by atoms with van der Waals surface area (Å²) in [6, 6.07) is 2.03. The third kappa shape index (κ3) is 2.59. The van der Waals surface area contributed by atoms with Crippen molar-refractivity contribution in [3.8, 4) is 0 Å². The van der Waals surface area contributed by atoms with Crippen LogP contribution in [0.2, 0.25) is 0 Å². The summed E-state index contributed by atoms with van der Waals surface area (Å²) in [5.74, 6) is 1.69. The molecule has 0 aliphatic heterocycles. The Labute approximate surface area is 114 Å². The average molecular weight is 262 g/mol. The molecule has 104 valence electrons. The summed E-state index contributed by atoms with van der Waals surface area (Å²) in [6.07, 6.45) is 0.0221. The highest BCUT2D eigenvalue weighted by atomic mass is 16.3. The minimum Gasteiger partial charge on any atom is -0.466 e. The molecule has 1 atom stereocenters. The third-order valence-corrected chi connectivity index (χ3v) is 3.64. The number of hydrogen-bond acceptors (Lipinski definition) is 3. The maximum atomic E-state index is 10.5. The van der Waals surface area contributed by atoms with Crippen molar-refractivity contribution in [3.05, 3.63) is 40.1 Å². The van der Waals surface area contributed by atoms with Crippen LogP contribution >= 0.6 is 0 Å². The van der Waals surface area contributed by atoms with Crippen molar-refractivity contribution in [3.63, 3.8) is 0 Å². The molecule has 0 aliphatic rings. The van der Waals surface area contributed by atoms with Crippen LogP contribution in [0.4, 0.5) is 0 Å². The van der Waals surface area contributed by atoms with Crippen LogP contribution in [0.5, 0.6) is 0 Å². The molecule has 0 bridgehead atoms. The molecule has 1 unspecified atom stereocenters. The molecule has 0 radical (unpaired) electrons. The first-order valence-electron chi connectivity index (χ1n) is 6.71. The average Bonchev–Trinajstić information content (AvgIpc) is 2.80. The molecule has 19 heavy (non-hydrogen) atoms. The maximum absolute atomic E-state index is 10.5. The van der Waals surface area contributed by atoms with E-state index in [4.69, 9.17) is 4.42 Å². The SMILES string of the molecule is CCn1nc(C)cc1CC(O)c1c(C)oc(C)c1C. The first kappa shape index (κ1) is 13.9. The third-order valence-electron chi connectivity index (χ3n) is 3.64. The predicted molar refractivity (Wildman–Crippen MR) is 74.2 cm³/mol. The Morgan fingerprint density at radius 3 is 2.47 bits per heavy atom. The standard InChI is InChI=1S/C15H22N2O2/c1-6-17-13(7-9(2)16-17)8-14(18)15-10(3)11(4)19-12(15)5/h7,14,18H,6,8H2,1-5H3. The molecule has 0 aromatic carbocycles. The molecular formula is C15H22N2O2. The van der Waals surface area contributed by atoms with Crippen LogP contribution in [0.1, 0.15) is 47.1 Å². The van der Waals surface area contributed by atoms with Crippen molar-refractivity contribution >= 4 is 0 Å². The van der Waals surface area contributed by atoms with Crippen LogP contribution in [-0.2, 0) is 13.0 Å². The van der Waals surface area contributed by atoms with Gasteiger partial charge in [-0.2, -0.15) is 5.10 Å². The lowest BCUT2D eigenvalue weighted by Gasteiger charge is -2.12. The van der Waals surface area contributed by atoms with Crippen LogP contribution in [0, 0.1) is 27.7 Å². The van der Waals surface area contributed by atoms with Gasteiger partial charge in [0.2, 0.25) is 0 Å². The van der Waals surface area contributed by atoms with Crippen LogP contribution in [0.3, 0.4) is 0 Å². The Kier molecular flexibility index (Phi) is 3.80. The van der Waals surface area contributed by atoms with E-state index >= 15 is 0 Å². The molecule has 0 saturated heterocycles. The Hall–Kier alpha value is -1.55. The lowest BCUT2D eigenvalue weighted by Crippen LogP contribution is -2.09. The van der Waals surface area contributed by atoms with E-state index in [-0.39, 0.29) is 0 Å².